The molecular weight excluding hydrogens is 402 g/mol. The first-order valence-corrected chi connectivity index (χ1v) is 11.7. The molecule has 0 bridgehead atoms. The molecular formula is C26H35N3O3. The normalized spacial score (nSPS) is 20.8. The van der Waals surface area contributed by atoms with Crippen molar-refractivity contribution < 1.29 is 9.53 Å². The fraction of sp³-hybridized carbons (Fsp3) is 0.538. The molecule has 172 valence electrons. The van der Waals surface area contributed by atoms with Gasteiger partial charge in [-0.25, -0.2) is 0 Å². The Morgan fingerprint density at radius 1 is 1.22 bits per heavy atom. The van der Waals surface area contributed by atoms with Crippen LogP contribution in [0.3, 0.4) is 0 Å². The molecule has 1 amide bonds. The number of nitrogens with zero attached hydrogens (tertiary/aromatic N) is 2. The number of aryl methyl sites for hydroxylation is 2. The smallest absolute Gasteiger partial charge is 0.250 e. The minimum absolute atomic E-state index is 0.0187. The zero-order valence-electron chi connectivity index (χ0n) is 19.5. The van der Waals surface area contributed by atoms with E-state index >= 15 is 0 Å². The summed E-state index contributed by atoms with van der Waals surface area (Å²) in [5.41, 5.74) is 4.64. The molecule has 32 heavy (non-hydrogen) atoms. The quantitative estimate of drug-likeness (QED) is 0.690. The van der Waals surface area contributed by atoms with Crippen molar-refractivity contribution in [3.63, 3.8) is 0 Å². The summed E-state index contributed by atoms with van der Waals surface area (Å²) in [5, 5.41) is 3.42. The van der Waals surface area contributed by atoms with Crippen molar-refractivity contribution in [3.8, 4) is 0 Å². The topological polar surface area (TPSA) is 63.6 Å². The lowest BCUT2D eigenvalue weighted by Crippen LogP contribution is -2.47. The van der Waals surface area contributed by atoms with E-state index in [-0.39, 0.29) is 23.3 Å². The Balaban J connectivity index is 1.57. The summed E-state index contributed by atoms with van der Waals surface area (Å²) in [6.07, 6.45) is 5.71. The van der Waals surface area contributed by atoms with Crippen molar-refractivity contribution in [2.45, 2.75) is 51.1 Å². The van der Waals surface area contributed by atoms with E-state index in [1.54, 1.807) is 24.8 Å². The monoisotopic (exact) mass is 437 g/mol. The molecule has 0 spiro atoms. The number of rotatable bonds is 8. The summed E-state index contributed by atoms with van der Waals surface area (Å²) in [5.74, 6) is 0.147. The van der Waals surface area contributed by atoms with Crippen LogP contribution >= 0.6 is 0 Å². The van der Waals surface area contributed by atoms with Gasteiger partial charge in [0.25, 0.3) is 5.56 Å². The maximum Gasteiger partial charge on any atom is 0.250 e. The first kappa shape index (κ1) is 22.7. The van der Waals surface area contributed by atoms with Crippen LogP contribution in [-0.2, 0) is 29.5 Å². The third-order valence-corrected chi connectivity index (χ3v) is 6.98. The molecule has 1 aromatic heterocycles. The van der Waals surface area contributed by atoms with Crippen LogP contribution in [0, 0.1) is 12.8 Å². The number of nitrogens with one attached hydrogen (secondary N) is 1. The van der Waals surface area contributed by atoms with Gasteiger partial charge >= 0.3 is 0 Å². The highest BCUT2D eigenvalue weighted by Gasteiger charge is 2.40. The number of carbonyl (C=O) groups excluding carboxylic acids is 1. The summed E-state index contributed by atoms with van der Waals surface area (Å²) in [6.45, 7) is 4.99. The van der Waals surface area contributed by atoms with Gasteiger partial charge in [-0.2, -0.15) is 0 Å². The molecule has 2 fully saturated rings. The summed E-state index contributed by atoms with van der Waals surface area (Å²) >= 11 is 0. The average molecular weight is 438 g/mol. The van der Waals surface area contributed by atoms with Gasteiger partial charge in [-0.15, -0.1) is 0 Å². The van der Waals surface area contributed by atoms with Gasteiger partial charge in [0.2, 0.25) is 5.91 Å². The Labute approximate surface area is 190 Å². The van der Waals surface area contributed by atoms with Crippen LogP contribution in [0.5, 0.6) is 0 Å². The van der Waals surface area contributed by atoms with Crippen molar-refractivity contribution in [1.82, 2.24) is 14.8 Å². The van der Waals surface area contributed by atoms with Crippen LogP contribution in [0.25, 0.3) is 0 Å². The minimum Gasteiger partial charge on any atom is -0.384 e. The number of hydrogen-bond donors (Lipinski definition) is 1. The predicted molar refractivity (Wildman–Crippen MR) is 126 cm³/mol. The molecule has 2 aromatic rings. The van der Waals surface area contributed by atoms with Crippen LogP contribution < -0.4 is 10.9 Å². The lowest BCUT2D eigenvalue weighted by atomic mass is 9.80. The van der Waals surface area contributed by atoms with Crippen LogP contribution in [0.4, 0.5) is 0 Å². The zero-order chi connectivity index (χ0) is 22.7. The Hall–Kier alpha value is -2.44. The Morgan fingerprint density at radius 3 is 2.75 bits per heavy atom. The minimum atomic E-state index is -0.145. The van der Waals surface area contributed by atoms with Crippen LogP contribution in [-0.4, -0.2) is 48.2 Å². The molecule has 6 nitrogen and oxygen atoms in total. The highest BCUT2D eigenvalue weighted by Crippen LogP contribution is 2.36. The summed E-state index contributed by atoms with van der Waals surface area (Å²) in [4.78, 5) is 28.2. The molecule has 1 aliphatic carbocycles. The lowest BCUT2D eigenvalue weighted by molar-refractivity contribution is -0.138. The van der Waals surface area contributed by atoms with Gasteiger partial charge in [-0.05, 0) is 73.4 Å². The highest BCUT2D eigenvalue weighted by molar-refractivity contribution is 5.81. The number of hydrogen-bond acceptors (Lipinski definition) is 4. The molecule has 2 heterocycles. The van der Waals surface area contributed by atoms with Crippen molar-refractivity contribution in [2.75, 3.05) is 26.8 Å². The fourth-order valence-corrected chi connectivity index (χ4v) is 4.75. The van der Waals surface area contributed by atoms with E-state index in [0.717, 1.165) is 37.8 Å². The van der Waals surface area contributed by atoms with Gasteiger partial charge in [0.1, 0.15) is 0 Å². The van der Waals surface area contributed by atoms with Crippen LogP contribution in [0.2, 0.25) is 0 Å². The third-order valence-electron chi connectivity index (χ3n) is 6.98. The number of benzene rings is 1. The van der Waals surface area contributed by atoms with Crippen molar-refractivity contribution in [3.05, 3.63) is 69.1 Å². The summed E-state index contributed by atoms with van der Waals surface area (Å²) in [6, 6.07) is 10.6. The van der Waals surface area contributed by atoms with Gasteiger partial charge < -0.3 is 19.5 Å². The maximum absolute atomic E-state index is 13.9. The number of piperidine rings is 1. The van der Waals surface area contributed by atoms with Gasteiger partial charge in [0.05, 0.1) is 12.5 Å². The SMILES string of the molecule is COCCc1ccc(C)c(CN(C(=O)C2CNCCC2c2ccn(C)c(=O)c2)C2CC2)c1. The number of aromatic nitrogens is 1. The molecule has 2 atom stereocenters. The standard InChI is InChI=1S/C26H35N3O3/c1-18-4-5-19(10-13-32-3)14-21(18)17-29(22-6-7-22)26(31)24-16-27-11-8-23(24)20-9-12-28(2)25(30)15-20/h4-5,9,12,14-15,22-24,27H,6-8,10-11,13,16-17H2,1-3H3. The number of amides is 1. The number of pyridine rings is 1. The van der Waals surface area contributed by atoms with Gasteiger partial charge in [-0.3, -0.25) is 9.59 Å². The fourth-order valence-electron chi connectivity index (χ4n) is 4.75. The van der Waals surface area contributed by atoms with Gasteiger partial charge in [0.15, 0.2) is 0 Å². The molecule has 0 radical (unpaired) electrons. The maximum atomic E-state index is 13.9. The Morgan fingerprint density at radius 2 is 2.03 bits per heavy atom. The second-order valence-corrected chi connectivity index (χ2v) is 9.32. The lowest BCUT2D eigenvalue weighted by Gasteiger charge is -2.36. The summed E-state index contributed by atoms with van der Waals surface area (Å²) < 4.78 is 6.82. The second-order valence-electron chi connectivity index (χ2n) is 9.32. The van der Waals surface area contributed by atoms with Crippen LogP contribution in [0.15, 0.2) is 41.3 Å². The zero-order valence-corrected chi connectivity index (χ0v) is 19.5. The van der Waals surface area contributed by atoms with E-state index in [9.17, 15) is 9.59 Å². The van der Waals surface area contributed by atoms with Gasteiger partial charge in [-0.1, -0.05) is 18.2 Å². The summed E-state index contributed by atoms with van der Waals surface area (Å²) in [7, 11) is 3.48. The van der Waals surface area contributed by atoms with E-state index < -0.39 is 0 Å². The van der Waals surface area contributed by atoms with E-state index in [1.165, 1.54) is 16.7 Å². The van der Waals surface area contributed by atoms with Crippen molar-refractivity contribution in [1.29, 1.82) is 0 Å². The Bertz CT molecular complexity index is 1010. The van der Waals surface area contributed by atoms with Crippen molar-refractivity contribution >= 4 is 5.91 Å². The second kappa shape index (κ2) is 10.0. The first-order chi connectivity index (χ1) is 15.5. The molecule has 1 N–H and O–H groups in total. The molecule has 2 unspecified atom stereocenters. The molecule has 2 aliphatic rings. The highest BCUT2D eigenvalue weighted by atomic mass is 16.5. The molecule has 4 rings (SSSR count). The predicted octanol–water partition coefficient (Wildman–Crippen LogP) is 2.77. The number of carbonyl (C=O) groups is 1. The first-order valence-electron chi connectivity index (χ1n) is 11.7. The third kappa shape index (κ3) is 5.13. The average Bonchev–Trinajstić information content (AvgIpc) is 3.64. The van der Waals surface area contributed by atoms with E-state index in [2.05, 4.69) is 35.3 Å². The number of ether oxygens (including phenoxy) is 1. The largest absolute Gasteiger partial charge is 0.384 e. The van der Waals surface area contributed by atoms with Crippen molar-refractivity contribution in [2.24, 2.45) is 13.0 Å². The van der Waals surface area contributed by atoms with E-state index in [0.29, 0.717) is 25.7 Å². The molecule has 1 saturated heterocycles. The van der Waals surface area contributed by atoms with E-state index in [1.807, 2.05) is 12.3 Å². The molecule has 1 aromatic carbocycles. The van der Waals surface area contributed by atoms with Gasteiger partial charge in [0, 0.05) is 45.6 Å². The molecule has 1 aliphatic heterocycles. The Kier molecular flexibility index (Phi) is 7.11. The molecule has 6 heteroatoms. The van der Waals surface area contributed by atoms with E-state index in [4.69, 9.17) is 4.74 Å². The number of methoxy groups -OCH3 is 1. The van der Waals surface area contributed by atoms with Crippen LogP contribution in [0.1, 0.15) is 47.4 Å². The molecule has 1 saturated carbocycles.